The van der Waals surface area contributed by atoms with Crippen LogP contribution in [0.25, 0.3) is 0 Å². The largest absolute Gasteiger partial charge is 0.469 e. The van der Waals surface area contributed by atoms with Crippen molar-refractivity contribution in [3.8, 4) is 0 Å². The SMILES string of the molecule is COC(=O)C1CCCN(c2ccc(C(N)=S)cc2)C1. The molecule has 0 spiro atoms. The molecule has 1 aromatic rings. The Balaban J connectivity index is 2.08. The molecule has 1 aromatic carbocycles. The Bertz CT molecular complexity index is 473. The molecule has 0 amide bonds. The third-order valence-electron chi connectivity index (χ3n) is 3.47. The maximum atomic E-state index is 11.6. The van der Waals surface area contributed by atoms with E-state index in [2.05, 4.69) is 4.90 Å². The van der Waals surface area contributed by atoms with Crippen LogP contribution >= 0.6 is 12.2 Å². The summed E-state index contributed by atoms with van der Waals surface area (Å²) in [5.74, 6) is -0.154. The predicted molar refractivity (Wildman–Crippen MR) is 79.3 cm³/mol. The molecule has 1 aliphatic rings. The molecular weight excluding hydrogens is 260 g/mol. The molecule has 0 aromatic heterocycles. The van der Waals surface area contributed by atoms with E-state index in [4.69, 9.17) is 22.7 Å². The van der Waals surface area contributed by atoms with Crippen molar-refractivity contribution in [2.75, 3.05) is 25.1 Å². The molecule has 2 N–H and O–H groups in total. The smallest absolute Gasteiger partial charge is 0.310 e. The van der Waals surface area contributed by atoms with Crippen LogP contribution < -0.4 is 10.6 Å². The van der Waals surface area contributed by atoms with Gasteiger partial charge in [-0.3, -0.25) is 4.79 Å². The first-order valence-electron chi connectivity index (χ1n) is 6.34. The van der Waals surface area contributed by atoms with E-state index in [1.54, 1.807) is 0 Å². The summed E-state index contributed by atoms with van der Waals surface area (Å²) in [5.41, 5.74) is 7.53. The summed E-state index contributed by atoms with van der Waals surface area (Å²) >= 11 is 4.93. The fraction of sp³-hybridized carbons (Fsp3) is 0.429. The number of ether oxygens (including phenoxy) is 1. The lowest BCUT2D eigenvalue weighted by Gasteiger charge is -2.33. The number of thiocarbonyl (C=S) groups is 1. The van der Waals surface area contributed by atoms with Crippen LogP contribution in [0, 0.1) is 5.92 Å². The summed E-state index contributed by atoms with van der Waals surface area (Å²) < 4.78 is 4.83. The van der Waals surface area contributed by atoms with Gasteiger partial charge in [0.15, 0.2) is 0 Å². The van der Waals surface area contributed by atoms with Crippen LogP contribution in [0.15, 0.2) is 24.3 Å². The summed E-state index contributed by atoms with van der Waals surface area (Å²) in [4.78, 5) is 14.2. The highest BCUT2D eigenvalue weighted by atomic mass is 32.1. The van der Waals surface area contributed by atoms with Gasteiger partial charge in [-0.15, -0.1) is 0 Å². The van der Waals surface area contributed by atoms with Gasteiger partial charge in [0, 0.05) is 24.3 Å². The third-order valence-corrected chi connectivity index (χ3v) is 3.71. The van der Waals surface area contributed by atoms with Gasteiger partial charge in [-0.2, -0.15) is 0 Å². The van der Waals surface area contributed by atoms with Gasteiger partial charge < -0.3 is 15.4 Å². The van der Waals surface area contributed by atoms with E-state index in [0.717, 1.165) is 30.6 Å². The van der Waals surface area contributed by atoms with Crippen LogP contribution in [0.2, 0.25) is 0 Å². The number of nitrogens with two attached hydrogens (primary N) is 1. The van der Waals surface area contributed by atoms with Gasteiger partial charge in [0.05, 0.1) is 13.0 Å². The number of methoxy groups -OCH3 is 1. The van der Waals surface area contributed by atoms with Gasteiger partial charge in [0.1, 0.15) is 4.99 Å². The van der Waals surface area contributed by atoms with Crippen molar-refractivity contribution in [3.63, 3.8) is 0 Å². The quantitative estimate of drug-likeness (QED) is 0.674. The van der Waals surface area contributed by atoms with E-state index in [1.165, 1.54) is 7.11 Å². The molecular formula is C14H18N2O2S. The Labute approximate surface area is 118 Å². The third kappa shape index (κ3) is 3.23. The van der Waals surface area contributed by atoms with Gasteiger partial charge in [-0.05, 0) is 37.1 Å². The molecule has 102 valence electrons. The van der Waals surface area contributed by atoms with Crippen molar-refractivity contribution in [2.45, 2.75) is 12.8 Å². The molecule has 1 atom stereocenters. The van der Waals surface area contributed by atoms with Gasteiger partial charge >= 0.3 is 5.97 Å². The first-order chi connectivity index (χ1) is 9.11. The number of anilines is 1. The second-order valence-corrected chi connectivity index (χ2v) is 5.16. The average molecular weight is 278 g/mol. The topological polar surface area (TPSA) is 55.6 Å². The Morgan fingerprint density at radius 2 is 2.11 bits per heavy atom. The molecule has 0 bridgehead atoms. The number of piperidine rings is 1. The number of carbonyl (C=O) groups is 1. The average Bonchev–Trinajstić information content (AvgIpc) is 2.46. The molecule has 1 aliphatic heterocycles. The van der Waals surface area contributed by atoms with E-state index in [-0.39, 0.29) is 11.9 Å². The maximum Gasteiger partial charge on any atom is 0.310 e. The lowest BCUT2D eigenvalue weighted by atomic mass is 9.97. The highest BCUT2D eigenvalue weighted by Gasteiger charge is 2.26. The number of hydrogen-bond donors (Lipinski definition) is 1. The standard InChI is InChI=1S/C14H18N2O2S/c1-18-14(17)11-3-2-8-16(9-11)12-6-4-10(5-7-12)13(15)19/h4-7,11H,2-3,8-9H2,1H3,(H2,15,19). The van der Waals surface area contributed by atoms with E-state index in [9.17, 15) is 4.79 Å². The Morgan fingerprint density at radius 1 is 1.42 bits per heavy atom. The second kappa shape index (κ2) is 6.02. The second-order valence-electron chi connectivity index (χ2n) is 4.72. The van der Waals surface area contributed by atoms with E-state index >= 15 is 0 Å². The van der Waals surface area contributed by atoms with Crippen molar-refractivity contribution in [1.82, 2.24) is 0 Å². The molecule has 5 heteroatoms. The Kier molecular flexibility index (Phi) is 4.37. The van der Waals surface area contributed by atoms with Crippen LogP contribution in [0.1, 0.15) is 18.4 Å². The van der Waals surface area contributed by atoms with Crippen LogP contribution in [0.5, 0.6) is 0 Å². The summed E-state index contributed by atoms with van der Waals surface area (Å²) in [6.45, 7) is 1.67. The maximum absolute atomic E-state index is 11.6. The van der Waals surface area contributed by atoms with Crippen molar-refractivity contribution < 1.29 is 9.53 Å². The van der Waals surface area contributed by atoms with Crippen molar-refractivity contribution in [3.05, 3.63) is 29.8 Å². The molecule has 19 heavy (non-hydrogen) atoms. The van der Waals surface area contributed by atoms with E-state index in [1.807, 2.05) is 24.3 Å². The minimum Gasteiger partial charge on any atom is -0.469 e. The molecule has 1 fully saturated rings. The Morgan fingerprint density at radius 3 is 2.68 bits per heavy atom. The zero-order valence-corrected chi connectivity index (χ0v) is 11.8. The van der Waals surface area contributed by atoms with Gasteiger partial charge in [-0.1, -0.05) is 12.2 Å². The molecule has 2 rings (SSSR count). The van der Waals surface area contributed by atoms with Gasteiger partial charge in [0.2, 0.25) is 0 Å². The fourth-order valence-electron chi connectivity index (χ4n) is 2.41. The number of benzene rings is 1. The lowest BCUT2D eigenvalue weighted by molar-refractivity contribution is -0.145. The zero-order chi connectivity index (χ0) is 13.8. The summed E-state index contributed by atoms with van der Waals surface area (Å²) in [7, 11) is 1.44. The summed E-state index contributed by atoms with van der Waals surface area (Å²) in [5, 5.41) is 0. The van der Waals surface area contributed by atoms with Crippen LogP contribution in [0.4, 0.5) is 5.69 Å². The van der Waals surface area contributed by atoms with Crippen LogP contribution in [-0.2, 0) is 9.53 Å². The van der Waals surface area contributed by atoms with Crippen LogP contribution in [-0.4, -0.2) is 31.2 Å². The fourth-order valence-corrected chi connectivity index (χ4v) is 2.54. The predicted octanol–water partition coefficient (Wildman–Crippen LogP) is 1.71. The first kappa shape index (κ1) is 13.8. The normalized spacial score (nSPS) is 19.0. The minimum absolute atomic E-state index is 0.0333. The monoisotopic (exact) mass is 278 g/mol. The number of rotatable bonds is 3. The summed E-state index contributed by atoms with van der Waals surface area (Å²) in [6.07, 6.45) is 1.89. The molecule has 0 saturated carbocycles. The van der Waals surface area contributed by atoms with Crippen LogP contribution in [0.3, 0.4) is 0 Å². The highest BCUT2D eigenvalue weighted by molar-refractivity contribution is 7.80. The number of hydrogen-bond acceptors (Lipinski definition) is 4. The Hall–Kier alpha value is -1.62. The highest BCUT2D eigenvalue weighted by Crippen LogP contribution is 2.24. The lowest BCUT2D eigenvalue weighted by Crippen LogP contribution is -2.39. The number of nitrogens with zero attached hydrogens (tertiary/aromatic N) is 1. The summed E-state index contributed by atoms with van der Waals surface area (Å²) in [6, 6.07) is 7.82. The number of esters is 1. The minimum atomic E-state index is -0.121. The van der Waals surface area contributed by atoms with Crippen molar-refractivity contribution >= 4 is 28.9 Å². The molecule has 0 radical (unpaired) electrons. The molecule has 1 heterocycles. The molecule has 4 nitrogen and oxygen atoms in total. The zero-order valence-electron chi connectivity index (χ0n) is 11.0. The van der Waals surface area contributed by atoms with Gasteiger partial charge in [0.25, 0.3) is 0 Å². The van der Waals surface area contributed by atoms with Gasteiger partial charge in [-0.25, -0.2) is 0 Å². The number of carbonyl (C=O) groups excluding carboxylic acids is 1. The molecule has 0 aliphatic carbocycles. The van der Waals surface area contributed by atoms with Crippen molar-refractivity contribution in [2.24, 2.45) is 11.7 Å². The first-order valence-corrected chi connectivity index (χ1v) is 6.75. The van der Waals surface area contributed by atoms with E-state index < -0.39 is 0 Å². The van der Waals surface area contributed by atoms with E-state index in [0.29, 0.717) is 11.5 Å². The molecule has 1 unspecified atom stereocenters. The molecule has 1 saturated heterocycles. The van der Waals surface area contributed by atoms with Crippen molar-refractivity contribution in [1.29, 1.82) is 0 Å².